The number of sulfone groups is 1. The van der Waals surface area contributed by atoms with Crippen molar-refractivity contribution in [2.45, 2.75) is 23.5 Å². The summed E-state index contributed by atoms with van der Waals surface area (Å²) in [6, 6.07) is 12.6. The van der Waals surface area contributed by atoms with Crippen LogP contribution >= 0.6 is 23.4 Å². The number of hydrogen-bond acceptors (Lipinski definition) is 4. The summed E-state index contributed by atoms with van der Waals surface area (Å²) in [5, 5.41) is 3.52. The van der Waals surface area contributed by atoms with E-state index in [0.717, 1.165) is 10.5 Å². The van der Waals surface area contributed by atoms with Gasteiger partial charge in [-0.15, -0.1) is 11.8 Å². The summed E-state index contributed by atoms with van der Waals surface area (Å²) in [4.78, 5) is 13.5. The lowest BCUT2D eigenvalue weighted by Crippen LogP contribution is -2.14. The molecule has 4 nitrogen and oxygen atoms in total. The van der Waals surface area contributed by atoms with Gasteiger partial charge in [0.15, 0.2) is 9.84 Å². The highest BCUT2D eigenvalue weighted by Crippen LogP contribution is 2.33. The van der Waals surface area contributed by atoms with Crippen molar-refractivity contribution in [3.63, 3.8) is 0 Å². The van der Waals surface area contributed by atoms with Crippen LogP contribution in [-0.2, 0) is 9.84 Å². The molecule has 1 fully saturated rings. The molecule has 0 aromatic heterocycles. The monoisotopic (exact) mass is 395 g/mol. The van der Waals surface area contributed by atoms with Crippen molar-refractivity contribution in [1.29, 1.82) is 0 Å². The molecule has 2 aromatic carbocycles. The summed E-state index contributed by atoms with van der Waals surface area (Å²) in [7, 11) is -2.94. The van der Waals surface area contributed by atoms with Crippen LogP contribution in [0.4, 0.5) is 5.69 Å². The van der Waals surface area contributed by atoms with Gasteiger partial charge in [0.1, 0.15) is 0 Å². The van der Waals surface area contributed by atoms with Gasteiger partial charge in [0, 0.05) is 20.9 Å². The zero-order valence-corrected chi connectivity index (χ0v) is 16.0. The van der Waals surface area contributed by atoms with Gasteiger partial charge in [-0.3, -0.25) is 4.79 Å². The maximum absolute atomic E-state index is 12.7. The molecule has 0 aliphatic carbocycles. The zero-order chi connectivity index (χ0) is 18.0. The smallest absolute Gasteiger partial charge is 0.256 e. The van der Waals surface area contributed by atoms with Crippen molar-refractivity contribution in [2.75, 3.05) is 16.8 Å². The summed E-state index contributed by atoms with van der Waals surface area (Å²) < 4.78 is 23.3. The van der Waals surface area contributed by atoms with Gasteiger partial charge in [-0.1, -0.05) is 23.7 Å². The van der Waals surface area contributed by atoms with Gasteiger partial charge >= 0.3 is 0 Å². The van der Waals surface area contributed by atoms with Crippen LogP contribution in [0.1, 0.15) is 22.3 Å². The third-order valence-electron chi connectivity index (χ3n) is 4.05. The van der Waals surface area contributed by atoms with Crippen molar-refractivity contribution in [1.82, 2.24) is 0 Å². The number of benzene rings is 2. The standard InChI is InChI=1S/C18H18ClNO3S2/c1-12-10-13(19)6-7-16(12)20-18(21)15-4-2-3-5-17(15)24-14-8-9-25(22,23)11-14/h2-7,10,14H,8-9,11H2,1H3,(H,20,21)/t14-/m0/s1. The fraction of sp³-hybridized carbons (Fsp3) is 0.278. The molecule has 132 valence electrons. The second kappa shape index (κ2) is 7.40. The van der Waals surface area contributed by atoms with Crippen LogP contribution < -0.4 is 5.32 Å². The van der Waals surface area contributed by atoms with Crippen molar-refractivity contribution < 1.29 is 13.2 Å². The van der Waals surface area contributed by atoms with Gasteiger partial charge in [0.05, 0.1) is 17.1 Å². The van der Waals surface area contributed by atoms with Crippen LogP contribution in [0.2, 0.25) is 5.02 Å². The summed E-state index contributed by atoms with van der Waals surface area (Å²) >= 11 is 7.41. The van der Waals surface area contributed by atoms with E-state index in [4.69, 9.17) is 11.6 Å². The number of anilines is 1. The number of nitrogens with one attached hydrogen (secondary N) is 1. The molecule has 0 saturated carbocycles. The number of rotatable bonds is 4. The molecule has 25 heavy (non-hydrogen) atoms. The number of hydrogen-bond donors (Lipinski definition) is 1. The fourth-order valence-electron chi connectivity index (χ4n) is 2.75. The Kier molecular flexibility index (Phi) is 5.41. The highest BCUT2D eigenvalue weighted by Gasteiger charge is 2.29. The van der Waals surface area contributed by atoms with Crippen LogP contribution in [0, 0.1) is 6.92 Å². The van der Waals surface area contributed by atoms with Crippen LogP contribution in [0.3, 0.4) is 0 Å². The van der Waals surface area contributed by atoms with E-state index in [1.54, 1.807) is 30.3 Å². The zero-order valence-electron chi connectivity index (χ0n) is 13.7. The molecule has 1 aliphatic heterocycles. The van der Waals surface area contributed by atoms with E-state index in [2.05, 4.69) is 5.32 Å². The van der Waals surface area contributed by atoms with E-state index >= 15 is 0 Å². The Morgan fingerprint density at radius 3 is 2.68 bits per heavy atom. The second-order valence-corrected chi connectivity index (χ2v) is 10.1. The average molecular weight is 396 g/mol. The summed E-state index contributed by atoms with van der Waals surface area (Å²) in [6.45, 7) is 1.88. The summed E-state index contributed by atoms with van der Waals surface area (Å²) in [5.74, 6) is 0.182. The molecule has 1 amide bonds. The summed E-state index contributed by atoms with van der Waals surface area (Å²) in [5.41, 5.74) is 2.14. The molecule has 0 spiro atoms. The van der Waals surface area contributed by atoms with Gasteiger partial charge in [-0.25, -0.2) is 8.42 Å². The first-order chi connectivity index (χ1) is 11.8. The van der Waals surface area contributed by atoms with Gasteiger partial charge in [0.25, 0.3) is 5.91 Å². The lowest BCUT2D eigenvalue weighted by atomic mass is 10.1. The topological polar surface area (TPSA) is 63.2 Å². The quantitative estimate of drug-likeness (QED) is 0.843. The molecule has 1 heterocycles. The second-order valence-electron chi connectivity index (χ2n) is 6.05. The van der Waals surface area contributed by atoms with Crippen molar-refractivity contribution in [3.05, 3.63) is 58.6 Å². The first kappa shape index (κ1) is 18.3. The van der Waals surface area contributed by atoms with Gasteiger partial charge in [-0.05, 0) is 49.2 Å². The minimum absolute atomic E-state index is 0.00350. The molecule has 1 saturated heterocycles. The van der Waals surface area contributed by atoms with Crippen LogP contribution in [0.5, 0.6) is 0 Å². The Morgan fingerprint density at radius 1 is 1.24 bits per heavy atom. The largest absolute Gasteiger partial charge is 0.322 e. The summed E-state index contributed by atoms with van der Waals surface area (Å²) in [6.07, 6.45) is 0.624. The molecule has 1 N–H and O–H groups in total. The number of halogens is 1. The van der Waals surface area contributed by atoms with Gasteiger partial charge in [0.2, 0.25) is 0 Å². The molecular formula is C18H18ClNO3S2. The fourth-order valence-corrected chi connectivity index (χ4v) is 6.60. The molecule has 0 radical (unpaired) electrons. The predicted octanol–water partition coefficient (Wildman–Crippen LogP) is 4.18. The number of aryl methyl sites for hydroxylation is 1. The van der Waals surface area contributed by atoms with E-state index in [-0.39, 0.29) is 22.7 Å². The number of carbonyl (C=O) groups is 1. The molecule has 3 rings (SSSR count). The predicted molar refractivity (Wildman–Crippen MR) is 104 cm³/mol. The Balaban J connectivity index is 1.79. The van der Waals surface area contributed by atoms with E-state index in [1.165, 1.54) is 11.8 Å². The van der Waals surface area contributed by atoms with Gasteiger partial charge < -0.3 is 5.32 Å². The van der Waals surface area contributed by atoms with Crippen molar-refractivity contribution in [3.8, 4) is 0 Å². The van der Waals surface area contributed by atoms with E-state index in [1.807, 2.05) is 19.1 Å². The minimum atomic E-state index is -2.94. The maximum Gasteiger partial charge on any atom is 0.256 e. The number of carbonyl (C=O) groups excluding carboxylic acids is 1. The third kappa shape index (κ3) is 4.57. The van der Waals surface area contributed by atoms with Crippen LogP contribution in [-0.4, -0.2) is 31.1 Å². The Morgan fingerprint density at radius 2 is 2.00 bits per heavy atom. The molecule has 0 unspecified atom stereocenters. The van der Waals surface area contributed by atoms with E-state index in [9.17, 15) is 13.2 Å². The molecule has 0 bridgehead atoms. The lowest BCUT2D eigenvalue weighted by molar-refractivity contribution is 0.102. The highest BCUT2D eigenvalue weighted by atomic mass is 35.5. The van der Waals surface area contributed by atoms with Crippen LogP contribution in [0.25, 0.3) is 0 Å². The average Bonchev–Trinajstić information content (AvgIpc) is 2.89. The SMILES string of the molecule is Cc1cc(Cl)ccc1NC(=O)c1ccccc1S[C@H]1CCS(=O)(=O)C1. The Hall–Kier alpha value is -1.50. The van der Waals surface area contributed by atoms with E-state index in [0.29, 0.717) is 22.7 Å². The lowest BCUT2D eigenvalue weighted by Gasteiger charge is -2.13. The Labute approximate surface area is 156 Å². The molecule has 2 aromatic rings. The highest BCUT2D eigenvalue weighted by molar-refractivity contribution is 8.02. The van der Waals surface area contributed by atoms with Crippen LogP contribution in [0.15, 0.2) is 47.4 Å². The molecule has 7 heteroatoms. The maximum atomic E-state index is 12.7. The van der Waals surface area contributed by atoms with E-state index < -0.39 is 9.84 Å². The number of thioether (sulfide) groups is 1. The number of amides is 1. The first-order valence-electron chi connectivity index (χ1n) is 7.88. The van der Waals surface area contributed by atoms with Crippen molar-refractivity contribution in [2.24, 2.45) is 0 Å². The minimum Gasteiger partial charge on any atom is -0.322 e. The van der Waals surface area contributed by atoms with Crippen molar-refractivity contribution >= 4 is 44.8 Å². The normalized spacial score (nSPS) is 18.9. The first-order valence-corrected chi connectivity index (χ1v) is 11.0. The molecular weight excluding hydrogens is 378 g/mol. The molecule has 1 atom stereocenters. The third-order valence-corrected chi connectivity index (χ3v) is 7.61. The Bertz CT molecular complexity index is 912. The molecule has 1 aliphatic rings. The van der Waals surface area contributed by atoms with Gasteiger partial charge in [-0.2, -0.15) is 0 Å².